The molecule has 3 heteroatoms. The second-order valence-corrected chi connectivity index (χ2v) is 4.96. The molecule has 0 aliphatic rings. The molecule has 0 bridgehead atoms. The lowest BCUT2D eigenvalue weighted by atomic mass is 10.1. The first-order valence-corrected chi connectivity index (χ1v) is 6.54. The molecule has 0 saturated carbocycles. The van der Waals surface area contributed by atoms with Crippen molar-refractivity contribution in [3.8, 4) is 5.75 Å². The third kappa shape index (κ3) is 3.85. The summed E-state index contributed by atoms with van der Waals surface area (Å²) >= 11 is 0. The molecule has 1 N–H and O–H groups in total. The summed E-state index contributed by atoms with van der Waals surface area (Å²) in [6, 6.07) is 13.7. The summed E-state index contributed by atoms with van der Waals surface area (Å²) in [5.74, 6) is -0.214. The standard InChI is InChI=1S/C17H18O3/c1-12-3-6-14(7-4-12)11-20-16-8-5-13(2)9-15(16)10-17(18)19/h3-9H,10-11H2,1-2H3,(H,18,19). The van der Waals surface area contributed by atoms with E-state index in [-0.39, 0.29) is 6.42 Å². The van der Waals surface area contributed by atoms with E-state index in [1.807, 2.05) is 56.3 Å². The molecule has 0 aliphatic carbocycles. The smallest absolute Gasteiger partial charge is 0.307 e. The minimum atomic E-state index is -0.851. The summed E-state index contributed by atoms with van der Waals surface area (Å²) in [6.07, 6.45) is -0.0229. The molecule has 0 heterocycles. The number of ether oxygens (including phenoxy) is 1. The number of aliphatic carboxylic acids is 1. The number of benzene rings is 2. The zero-order chi connectivity index (χ0) is 14.5. The summed E-state index contributed by atoms with van der Waals surface area (Å²) in [4.78, 5) is 10.9. The second kappa shape index (κ2) is 6.24. The molecule has 3 nitrogen and oxygen atoms in total. The molecule has 0 unspecified atom stereocenters. The maximum absolute atomic E-state index is 10.9. The molecular formula is C17H18O3. The first-order chi connectivity index (χ1) is 9.54. The van der Waals surface area contributed by atoms with Crippen molar-refractivity contribution in [2.24, 2.45) is 0 Å². The summed E-state index contributed by atoms with van der Waals surface area (Å²) in [5.41, 5.74) is 4.02. The molecule has 2 rings (SSSR count). The van der Waals surface area contributed by atoms with Gasteiger partial charge in [0.15, 0.2) is 0 Å². The van der Waals surface area contributed by atoms with Crippen LogP contribution in [0.15, 0.2) is 42.5 Å². The minimum Gasteiger partial charge on any atom is -0.489 e. The van der Waals surface area contributed by atoms with Gasteiger partial charge >= 0.3 is 5.97 Å². The lowest BCUT2D eigenvalue weighted by Crippen LogP contribution is -2.04. The summed E-state index contributed by atoms with van der Waals surface area (Å²) in [5, 5.41) is 8.94. The maximum Gasteiger partial charge on any atom is 0.307 e. The molecule has 0 aliphatic heterocycles. The lowest BCUT2D eigenvalue weighted by molar-refractivity contribution is -0.136. The molecule has 20 heavy (non-hydrogen) atoms. The van der Waals surface area contributed by atoms with Crippen LogP contribution in [0.3, 0.4) is 0 Å². The predicted molar refractivity (Wildman–Crippen MR) is 78.0 cm³/mol. The minimum absolute atomic E-state index is 0.0229. The van der Waals surface area contributed by atoms with Crippen LogP contribution in [-0.2, 0) is 17.8 Å². The van der Waals surface area contributed by atoms with Crippen LogP contribution in [0.2, 0.25) is 0 Å². The van der Waals surface area contributed by atoms with E-state index in [9.17, 15) is 4.79 Å². The van der Waals surface area contributed by atoms with Crippen LogP contribution in [0, 0.1) is 13.8 Å². The third-order valence-corrected chi connectivity index (χ3v) is 3.07. The Bertz CT molecular complexity index is 600. The summed E-state index contributed by atoms with van der Waals surface area (Å²) in [7, 11) is 0. The highest BCUT2D eigenvalue weighted by Gasteiger charge is 2.08. The molecule has 0 fully saturated rings. The number of hydrogen-bond acceptors (Lipinski definition) is 2. The van der Waals surface area contributed by atoms with Crippen molar-refractivity contribution in [1.82, 2.24) is 0 Å². The molecule has 0 spiro atoms. The molecule has 0 radical (unpaired) electrons. The van der Waals surface area contributed by atoms with Gasteiger partial charge in [0.25, 0.3) is 0 Å². The van der Waals surface area contributed by atoms with Crippen LogP contribution >= 0.6 is 0 Å². The van der Waals surface area contributed by atoms with Gasteiger partial charge in [0.1, 0.15) is 12.4 Å². The third-order valence-electron chi connectivity index (χ3n) is 3.07. The van der Waals surface area contributed by atoms with E-state index in [1.165, 1.54) is 5.56 Å². The average molecular weight is 270 g/mol. The molecule has 104 valence electrons. The van der Waals surface area contributed by atoms with Crippen molar-refractivity contribution >= 4 is 5.97 Å². The van der Waals surface area contributed by atoms with Crippen LogP contribution in [0.4, 0.5) is 0 Å². The monoisotopic (exact) mass is 270 g/mol. The largest absolute Gasteiger partial charge is 0.489 e. The molecule has 2 aromatic carbocycles. The maximum atomic E-state index is 10.9. The van der Waals surface area contributed by atoms with Gasteiger partial charge in [-0.3, -0.25) is 4.79 Å². The lowest BCUT2D eigenvalue weighted by Gasteiger charge is -2.11. The Balaban J connectivity index is 2.12. The van der Waals surface area contributed by atoms with E-state index >= 15 is 0 Å². The van der Waals surface area contributed by atoms with Gasteiger partial charge in [-0.2, -0.15) is 0 Å². The van der Waals surface area contributed by atoms with E-state index < -0.39 is 5.97 Å². The molecule has 0 saturated heterocycles. The van der Waals surface area contributed by atoms with Crippen LogP contribution in [0.1, 0.15) is 22.3 Å². The fraction of sp³-hybridized carbons (Fsp3) is 0.235. The number of rotatable bonds is 5. The average Bonchev–Trinajstić information content (AvgIpc) is 2.39. The van der Waals surface area contributed by atoms with E-state index in [1.54, 1.807) is 0 Å². The number of carboxylic acid groups (broad SMARTS) is 1. The molecular weight excluding hydrogens is 252 g/mol. The van der Waals surface area contributed by atoms with E-state index in [4.69, 9.17) is 9.84 Å². The zero-order valence-electron chi connectivity index (χ0n) is 11.7. The van der Waals surface area contributed by atoms with Crippen molar-refractivity contribution in [2.75, 3.05) is 0 Å². The van der Waals surface area contributed by atoms with E-state index in [2.05, 4.69) is 0 Å². The van der Waals surface area contributed by atoms with Crippen molar-refractivity contribution in [3.05, 3.63) is 64.7 Å². The normalized spacial score (nSPS) is 10.3. The zero-order valence-corrected chi connectivity index (χ0v) is 11.7. The van der Waals surface area contributed by atoms with Gasteiger partial charge in [-0.1, -0.05) is 47.5 Å². The quantitative estimate of drug-likeness (QED) is 0.904. The molecule has 0 atom stereocenters. The number of carbonyl (C=O) groups is 1. The Kier molecular flexibility index (Phi) is 4.41. The number of aryl methyl sites for hydroxylation is 2. The number of hydrogen-bond donors (Lipinski definition) is 1. The first-order valence-electron chi connectivity index (χ1n) is 6.54. The summed E-state index contributed by atoms with van der Waals surface area (Å²) < 4.78 is 5.76. The van der Waals surface area contributed by atoms with Gasteiger partial charge < -0.3 is 9.84 Å². The van der Waals surface area contributed by atoms with Gasteiger partial charge in [-0.05, 0) is 25.5 Å². The second-order valence-electron chi connectivity index (χ2n) is 4.96. The topological polar surface area (TPSA) is 46.5 Å². The molecule has 0 amide bonds. The van der Waals surface area contributed by atoms with Crippen LogP contribution in [-0.4, -0.2) is 11.1 Å². The Morgan fingerprint density at radius 3 is 2.35 bits per heavy atom. The Hall–Kier alpha value is -2.29. The van der Waals surface area contributed by atoms with Gasteiger partial charge in [0, 0.05) is 5.56 Å². The molecule has 2 aromatic rings. The van der Waals surface area contributed by atoms with Gasteiger partial charge in [0.2, 0.25) is 0 Å². The van der Waals surface area contributed by atoms with Crippen molar-refractivity contribution in [2.45, 2.75) is 26.9 Å². The summed E-state index contributed by atoms with van der Waals surface area (Å²) in [6.45, 7) is 4.42. The van der Waals surface area contributed by atoms with Crippen molar-refractivity contribution < 1.29 is 14.6 Å². The Morgan fingerprint density at radius 1 is 1.05 bits per heavy atom. The van der Waals surface area contributed by atoms with E-state index in [0.717, 1.165) is 11.1 Å². The first kappa shape index (κ1) is 14.1. The fourth-order valence-corrected chi connectivity index (χ4v) is 2.00. The van der Waals surface area contributed by atoms with Crippen molar-refractivity contribution in [3.63, 3.8) is 0 Å². The van der Waals surface area contributed by atoms with Crippen LogP contribution < -0.4 is 4.74 Å². The highest BCUT2D eigenvalue weighted by atomic mass is 16.5. The van der Waals surface area contributed by atoms with E-state index in [0.29, 0.717) is 17.9 Å². The Morgan fingerprint density at radius 2 is 1.70 bits per heavy atom. The highest BCUT2D eigenvalue weighted by Crippen LogP contribution is 2.22. The van der Waals surface area contributed by atoms with Gasteiger partial charge in [-0.15, -0.1) is 0 Å². The van der Waals surface area contributed by atoms with Crippen LogP contribution in [0.5, 0.6) is 5.75 Å². The Labute approximate surface area is 118 Å². The van der Waals surface area contributed by atoms with Crippen LogP contribution in [0.25, 0.3) is 0 Å². The SMILES string of the molecule is Cc1ccc(COc2ccc(C)cc2CC(=O)O)cc1. The molecule has 0 aromatic heterocycles. The predicted octanol–water partition coefficient (Wildman–Crippen LogP) is 3.51. The van der Waals surface area contributed by atoms with Gasteiger partial charge in [-0.25, -0.2) is 0 Å². The van der Waals surface area contributed by atoms with Gasteiger partial charge in [0.05, 0.1) is 6.42 Å². The van der Waals surface area contributed by atoms with Crippen molar-refractivity contribution in [1.29, 1.82) is 0 Å². The number of carboxylic acids is 1. The highest BCUT2D eigenvalue weighted by molar-refractivity contribution is 5.71. The fourth-order valence-electron chi connectivity index (χ4n) is 2.00.